The Morgan fingerprint density at radius 1 is 1.07 bits per heavy atom. The van der Waals surface area contributed by atoms with Gasteiger partial charge in [0.05, 0.1) is 12.5 Å². The third-order valence-corrected chi connectivity index (χ3v) is 2.06. The molecule has 1 aromatic rings. The largest absolute Gasteiger partial charge is 0.336 e. The predicted molar refractivity (Wildman–Crippen MR) is 51.4 cm³/mol. The topological polar surface area (TPSA) is 89.8 Å². The van der Waals surface area contributed by atoms with Gasteiger partial charge in [-0.2, -0.15) is 5.26 Å². The summed E-state index contributed by atoms with van der Waals surface area (Å²) in [5, 5.41) is 8.36. The van der Waals surface area contributed by atoms with Crippen molar-refractivity contribution < 1.29 is 0 Å². The lowest BCUT2D eigenvalue weighted by Gasteiger charge is -2.06. The van der Waals surface area contributed by atoms with E-state index in [0.717, 1.165) is 13.7 Å². The molecule has 0 fully saturated rings. The molecule has 7 heteroatoms. The second-order valence-electron chi connectivity index (χ2n) is 3.03. The quantitative estimate of drug-likeness (QED) is 0.573. The highest BCUT2D eigenvalue weighted by molar-refractivity contribution is 4.78. The molecule has 1 heterocycles. The molecule has 1 rings (SSSR count). The van der Waals surface area contributed by atoms with Gasteiger partial charge in [-0.05, 0) is 0 Å². The van der Waals surface area contributed by atoms with Crippen LogP contribution in [0.2, 0.25) is 0 Å². The summed E-state index contributed by atoms with van der Waals surface area (Å²) in [6.07, 6.45) is 0.0490. The van der Waals surface area contributed by atoms with Crippen LogP contribution in [0.15, 0.2) is 14.4 Å². The lowest BCUT2D eigenvalue weighted by molar-refractivity contribution is 0.508. The maximum absolute atomic E-state index is 11.5. The minimum Gasteiger partial charge on any atom is -0.248 e. The third kappa shape index (κ3) is 1.74. The zero-order chi connectivity index (χ0) is 11.6. The second kappa shape index (κ2) is 3.96. The van der Waals surface area contributed by atoms with Gasteiger partial charge in [0.15, 0.2) is 0 Å². The molecular formula is C8H10N4O3. The van der Waals surface area contributed by atoms with Crippen molar-refractivity contribution in [3.05, 3.63) is 31.5 Å². The van der Waals surface area contributed by atoms with E-state index in [4.69, 9.17) is 5.26 Å². The summed E-state index contributed by atoms with van der Waals surface area (Å²) in [5.74, 6) is 0. The Kier molecular flexibility index (Phi) is 2.90. The fourth-order valence-corrected chi connectivity index (χ4v) is 1.19. The zero-order valence-corrected chi connectivity index (χ0v) is 8.43. The fourth-order valence-electron chi connectivity index (χ4n) is 1.19. The summed E-state index contributed by atoms with van der Waals surface area (Å²) in [6.45, 7) is -0.00384. The molecule has 0 aromatic carbocycles. The Hall–Kier alpha value is -2.10. The molecule has 0 aliphatic rings. The van der Waals surface area contributed by atoms with E-state index in [9.17, 15) is 14.4 Å². The molecule has 7 nitrogen and oxygen atoms in total. The molecule has 0 spiro atoms. The van der Waals surface area contributed by atoms with Gasteiger partial charge < -0.3 is 0 Å². The lowest BCUT2D eigenvalue weighted by atomic mass is 10.5. The van der Waals surface area contributed by atoms with Crippen molar-refractivity contribution in [2.75, 3.05) is 0 Å². The zero-order valence-electron chi connectivity index (χ0n) is 8.43. The van der Waals surface area contributed by atoms with Crippen molar-refractivity contribution in [2.24, 2.45) is 14.1 Å². The van der Waals surface area contributed by atoms with E-state index >= 15 is 0 Å². The molecule has 0 unspecified atom stereocenters. The average Bonchev–Trinajstić information content (AvgIpc) is 2.24. The second-order valence-corrected chi connectivity index (χ2v) is 3.03. The van der Waals surface area contributed by atoms with Crippen LogP contribution in [-0.2, 0) is 20.6 Å². The van der Waals surface area contributed by atoms with Crippen LogP contribution in [0, 0.1) is 11.3 Å². The van der Waals surface area contributed by atoms with E-state index in [2.05, 4.69) is 0 Å². The molecule has 0 aliphatic heterocycles. The molecule has 1 aromatic heterocycles. The van der Waals surface area contributed by atoms with Crippen molar-refractivity contribution in [1.82, 2.24) is 13.7 Å². The van der Waals surface area contributed by atoms with Crippen molar-refractivity contribution in [2.45, 2.75) is 13.0 Å². The first-order valence-corrected chi connectivity index (χ1v) is 4.24. The molecule has 0 saturated heterocycles. The number of aromatic nitrogens is 3. The van der Waals surface area contributed by atoms with Gasteiger partial charge in [-0.3, -0.25) is 0 Å². The van der Waals surface area contributed by atoms with Crippen molar-refractivity contribution in [3.63, 3.8) is 0 Å². The van der Waals surface area contributed by atoms with Crippen LogP contribution in [0.4, 0.5) is 0 Å². The summed E-state index contributed by atoms with van der Waals surface area (Å²) in [6, 6.07) is 1.83. The number of rotatable bonds is 2. The van der Waals surface area contributed by atoms with E-state index in [1.165, 1.54) is 14.1 Å². The fraction of sp³-hybridized carbons (Fsp3) is 0.500. The number of nitriles is 1. The Morgan fingerprint density at radius 3 is 1.93 bits per heavy atom. The number of hydrogen-bond acceptors (Lipinski definition) is 4. The van der Waals surface area contributed by atoms with E-state index < -0.39 is 17.1 Å². The van der Waals surface area contributed by atoms with Crippen molar-refractivity contribution in [1.29, 1.82) is 5.26 Å². The lowest BCUT2D eigenvalue weighted by Crippen LogP contribution is -2.52. The Balaban J connectivity index is 3.55. The predicted octanol–water partition coefficient (Wildman–Crippen LogP) is -1.84. The van der Waals surface area contributed by atoms with E-state index in [-0.39, 0.29) is 13.0 Å². The smallest absolute Gasteiger partial charge is 0.248 e. The highest BCUT2D eigenvalue weighted by atomic mass is 16.2. The first-order valence-electron chi connectivity index (χ1n) is 4.24. The minimum atomic E-state index is -0.696. The van der Waals surface area contributed by atoms with Gasteiger partial charge in [-0.1, -0.05) is 0 Å². The van der Waals surface area contributed by atoms with Crippen LogP contribution in [-0.4, -0.2) is 13.7 Å². The molecule has 0 saturated carbocycles. The minimum absolute atomic E-state index is 0.00384. The van der Waals surface area contributed by atoms with Crippen molar-refractivity contribution in [3.8, 4) is 6.07 Å². The van der Waals surface area contributed by atoms with Crippen LogP contribution in [0.1, 0.15) is 6.42 Å². The van der Waals surface area contributed by atoms with E-state index in [1.807, 2.05) is 6.07 Å². The van der Waals surface area contributed by atoms with Gasteiger partial charge in [0.1, 0.15) is 0 Å². The molecule has 0 bridgehead atoms. The van der Waals surface area contributed by atoms with Crippen LogP contribution in [0.5, 0.6) is 0 Å². The van der Waals surface area contributed by atoms with E-state index in [0.29, 0.717) is 0 Å². The Morgan fingerprint density at radius 2 is 1.53 bits per heavy atom. The van der Waals surface area contributed by atoms with Crippen LogP contribution < -0.4 is 17.1 Å². The molecule has 80 valence electrons. The monoisotopic (exact) mass is 210 g/mol. The molecule has 0 radical (unpaired) electrons. The molecule has 0 N–H and O–H groups in total. The molecule has 0 atom stereocenters. The van der Waals surface area contributed by atoms with Gasteiger partial charge in [-0.25, -0.2) is 28.1 Å². The number of nitrogens with zero attached hydrogens (tertiary/aromatic N) is 4. The third-order valence-electron chi connectivity index (χ3n) is 2.06. The molecule has 0 amide bonds. The standard InChI is InChI=1S/C8H10N4O3/c1-10-6(13)11(2)8(15)12(7(10)14)5-3-4-9/h3,5H2,1-2H3. The van der Waals surface area contributed by atoms with Crippen LogP contribution in [0.25, 0.3) is 0 Å². The maximum atomic E-state index is 11.5. The summed E-state index contributed by atoms with van der Waals surface area (Å²) in [4.78, 5) is 34.2. The van der Waals surface area contributed by atoms with Gasteiger partial charge in [0.25, 0.3) is 0 Å². The maximum Gasteiger partial charge on any atom is 0.336 e. The summed E-state index contributed by atoms with van der Waals surface area (Å²) >= 11 is 0. The van der Waals surface area contributed by atoms with E-state index in [1.54, 1.807) is 0 Å². The normalized spacial score (nSPS) is 9.93. The van der Waals surface area contributed by atoms with Gasteiger partial charge in [-0.15, -0.1) is 0 Å². The first-order chi connectivity index (χ1) is 7.00. The molecule has 0 aliphatic carbocycles. The molecular weight excluding hydrogens is 200 g/mol. The van der Waals surface area contributed by atoms with Crippen LogP contribution in [0.3, 0.4) is 0 Å². The summed E-state index contributed by atoms with van der Waals surface area (Å²) in [7, 11) is 2.57. The van der Waals surface area contributed by atoms with Gasteiger partial charge in [0, 0.05) is 20.6 Å². The average molecular weight is 210 g/mol. The summed E-state index contributed by atoms with van der Waals surface area (Å²) < 4.78 is 2.53. The van der Waals surface area contributed by atoms with Gasteiger partial charge in [0.2, 0.25) is 0 Å². The highest BCUT2D eigenvalue weighted by Gasteiger charge is 2.09. The summed E-state index contributed by atoms with van der Waals surface area (Å²) in [5.41, 5.74) is -2.06. The molecule has 15 heavy (non-hydrogen) atoms. The van der Waals surface area contributed by atoms with Crippen molar-refractivity contribution >= 4 is 0 Å². The first kappa shape index (κ1) is 11.0. The number of hydrogen-bond donors (Lipinski definition) is 0. The Labute approximate surface area is 84.4 Å². The van der Waals surface area contributed by atoms with Crippen LogP contribution >= 0.6 is 0 Å². The Bertz CT molecular complexity index is 544. The highest BCUT2D eigenvalue weighted by Crippen LogP contribution is 1.77. The van der Waals surface area contributed by atoms with Gasteiger partial charge >= 0.3 is 17.1 Å². The SMILES string of the molecule is Cn1c(=O)n(C)c(=O)n(CCC#N)c1=O.